The van der Waals surface area contributed by atoms with Crippen LogP contribution in [0.4, 0.5) is 5.82 Å². The molecule has 10 nitrogen and oxygen atoms in total. The van der Waals surface area contributed by atoms with Gasteiger partial charge in [-0.1, -0.05) is 23.8 Å². The third-order valence-corrected chi connectivity index (χ3v) is 4.57. The maximum absolute atomic E-state index is 12.6. The maximum atomic E-state index is 12.6. The second-order valence-electron chi connectivity index (χ2n) is 6.55. The summed E-state index contributed by atoms with van der Waals surface area (Å²) in [5.74, 6) is -0.189. The Hall–Kier alpha value is -4.08. The van der Waals surface area contributed by atoms with E-state index >= 15 is 0 Å². The van der Waals surface area contributed by atoms with Gasteiger partial charge in [0.1, 0.15) is 11.5 Å². The number of nitrogens with one attached hydrogen (secondary N) is 5. The number of hydrogen-bond acceptors (Lipinski definition) is 5. The van der Waals surface area contributed by atoms with Gasteiger partial charge in [0.2, 0.25) is 0 Å². The first kappa shape index (κ1) is 17.3. The summed E-state index contributed by atoms with van der Waals surface area (Å²) in [5, 5.41) is 0.0545. The second kappa shape index (κ2) is 5.98. The molecule has 0 spiro atoms. The predicted octanol–water partition coefficient (Wildman–Crippen LogP) is 0.454. The lowest BCUT2D eigenvalue weighted by Gasteiger charge is -2.10. The van der Waals surface area contributed by atoms with Crippen LogP contribution in [-0.4, -0.2) is 24.9 Å². The van der Waals surface area contributed by atoms with E-state index in [-0.39, 0.29) is 28.0 Å². The largest absolute Gasteiger partial charge is 0.384 e. The Bertz CT molecular complexity index is 1480. The third-order valence-electron chi connectivity index (χ3n) is 4.57. The molecule has 10 heteroatoms. The van der Waals surface area contributed by atoms with E-state index < -0.39 is 22.5 Å². The number of benzene rings is 1. The van der Waals surface area contributed by atoms with Gasteiger partial charge in [0.15, 0.2) is 0 Å². The van der Waals surface area contributed by atoms with Gasteiger partial charge >= 0.3 is 11.4 Å². The van der Waals surface area contributed by atoms with Crippen molar-refractivity contribution in [1.82, 2.24) is 24.9 Å². The van der Waals surface area contributed by atoms with E-state index in [9.17, 15) is 19.2 Å². The molecule has 4 rings (SSSR count). The van der Waals surface area contributed by atoms with E-state index in [0.29, 0.717) is 11.3 Å². The first-order chi connectivity index (χ1) is 13.3. The predicted molar refractivity (Wildman–Crippen MR) is 106 cm³/mol. The fourth-order valence-corrected chi connectivity index (χ4v) is 3.43. The number of H-pyrrole nitrogens is 5. The molecular formula is C18H16N6O4. The standard InChI is InChI=1S/C18H16N6O4/c1-6-3-4-8(7(2)5-6)12-9(10-13(19)21-17(27)23-15(10)25)11-14(20-12)22-18(28)24-16(11)26/h3-5H,1-2H3,(H4,19,21,23,25,27)(H3,20,22,24,26,28). The van der Waals surface area contributed by atoms with E-state index in [1.807, 2.05) is 32.0 Å². The molecule has 0 unspecified atom stereocenters. The summed E-state index contributed by atoms with van der Waals surface area (Å²) in [7, 11) is 0. The molecule has 4 aromatic rings. The van der Waals surface area contributed by atoms with Crippen LogP contribution in [0.2, 0.25) is 0 Å². The van der Waals surface area contributed by atoms with Crippen LogP contribution < -0.4 is 28.2 Å². The fraction of sp³-hybridized carbons (Fsp3) is 0.111. The van der Waals surface area contributed by atoms with Gasteiger partial charge in [-0.25, -0.2) is 9.59 Å². The lowest BCUT2D eigenvalue weighted by Crippen LogP contribution is -2.26. The highest BCUT2D eigenvalue weighted by Crippen LogP contribution is 2.37. The highest BCUT2D eigenvalue weighted by molar-refractivity contribution is 6.04. The zero-order valence-corrected chi connectivity index (χ0v) is 14.9. The van der Waals surface area contributed by atoms with Crippen LogP contribution in [0.15, 0.2) is 37.4 Å². The molecule has 0 amide bonds. The number of hydrogen-bond donors (Lipinski definition) is 6. The average molecular weight is 380 g/mol. The number of aromatic amines is 5. The van der Waals surface area contributed by atoms with Crippen molar-refractivity contribution in [3.63, 3.8) is 0 Å². The molecule has 0 atom stereocenters. The third kappa shape index (κ3) is 2.58. The number of fused-ring (bicyclic) bond motifs is 1. The van der Waals surface area contributed by atoms with Crippen molar-refractivity contribution in [2.45, 2.75) is 13.8 Å². The molecule has 28 heavy (non-hydrogen) atoms. The molecule has 3 heterocycles. The Balaban J connectivity index is 2.24. The molecule has 142 valence electrons. The first-order valence-electron chi connectivity index (χ1n) is 8.34. The Kier molecular flexibility index (Phi) is 3.70. The van der Waals surface area contributed by atoms with Crippen LogP contribution >= 0.6 is 0 Å². The SMILES string of the molecule is Cc1ccc(-c2[nH]c3[nH]c(=O)[nH]c(=O)c3c2-c2c(N)[nH]c(=O)[nH]c2=O)c(C)c1. The van der Waals surface area contributed by atoms with Crippen LogP contribution in [0.3, 0.4) is 0 Å². The number of nitrogen functional groups attached to an aromatic ring is 1. The quantitative estimate of drug-likeness (QED) is 0.296. The summed E-state index contributed by atoms with van der Waals surface area (Å²) in [6, 6.07) is 5.66. The Morgan fingerprint density at radius 3 is 2.14 bits per heavy atom. The molecule has 0 saturated heterocycles. The Labute approximate surface area is 155 Å². The minimum absolute atomic E-state index is 0.0545. The molecule has 7 N–H and O–H groups in total. The molecule has 0 aliphatic carbocycles. The number of rotatable bonds is 2. The average Bonchev–Trinajstić information content (AvgIpc) is 2.93. The van der Waals surface area contributed by atoms with Gasteiger partial charge in [-0.15, -0.1) is 0 Å². The van der Waals surface area contributed by atoms with Crippen LogP contribution in [-0.2, 0) is 0 Å². The van der Waals surface area contributed by atoms with Crippen molar-refractivity contribution >= 4 is 16.9 Å². The zero-order chi connectivity index (χ0) is 20.2. The van der Waals surface area contributed by atoms with Gasteiger partial charge in [-0.2, -0.15) is 0 Å². The number of aromatic nitrogens is 5. The van der Waals surface area contributed by atoms with Gasteiger partial charge in [-0.3, -0.25) is 29.5 Å². The maximum Gasteiger partial charge on any atom is 0.327 e. The summed E-state index contributed by atoms with van der Waals surface area (Å²) in [5.41, 5.74) is 6.33. The van der Waals surface area contributed by atoms with Crippen molar-refractivity contribution in [3.05, 3.63) is 71.0 Å². The summed E-state index contributed by atoms with van der Waals surface area (Å²) < 4.78 is 0. The summed E-state index contributed by atoms with van der Waals surface area (Å²) >= 11 is 0. The van der Waals surface area contributed by atoms with Crippen molar-refractivity contribution in [2.24, 2.45) is 0 Å². The molecular weight excluding hydrogens is 364 g/mol. The van der Waals surface area contributed by atoms with Crippen molar-refractivity contribution < 1.29 is 0 Å². The number of nitrogens with two attached hydrogens (primary N) is 1. The summed E-state index contributed by atoms with van der Waals surface area (Å²) in [6.45, 7) is 3.82. The van der Waals surface area contributed by atoms with Crippen LogP contribution in [0, 0.1) is 13.8 Å². The zero-order valence-electron chi connectivity index (χ0n) is 14.9. The fourth-order valence-electron chi connectivity index (χ4n) is 3.43. The normalized spacial score (nSPS) is 11.2. The first-order valence-corrected chi connectivity index (χ1v) is 8.34. The second-order valence-corrected chi connectivity index (χ2v) is 6.55. The van der Waals surface area contributed by atoms with Gasteiger partial charge in [0.25, 0.3) is 11.1 Å². The van der Waals surface area contributed by atoms with Crippen molar-refractivity contribution in [2.75, 3.05) is 5.73 Å². The molecule has 0 bridgehead atoms. The lowest BCUT2D eigenvalue weighted by atomic mass is 9.96. The van der Waals surface area contributed by atoms with Gasteiger partial charge in [0.05, 0.1) is 16.6 Å². The van der Waals surface area contributed by atoms with Crippen LogP contribution in [0.1, 0.15) is 11.1 Å². The minimum atomic E-state index is -0.763. The molecule has 1 aromatic carbocycles. The molecule has 0 saturated carbocycles. The van der Waals surface area contributed by atoms with E-state index in [1.54, 1.807) is 0 Å². The highest BCUT2D eigenvalue weighted by Gasteiger charge is 2.24. The van der Waals surface area contributed by atoms with Crippen LogP contribution in [0.5, 0.6) is 0 Å². The summed E-state index contributed by atoms with van der Waals surface area (Å²) in [6.07, 6.45) is 0. The number of aryl methyl sites for hydroxylation is 2. The van der Waals surface area contributed by atoms with Crippen molar-refractivity contribution in [1.29, 1.82) is 0 Å². The molecule has 0 fully saturated rings. The molecule has 0 radical (unpaired) electrons. The summed E-state index contributed by atoms with van der Waals surface area (Å²) in [4.78, 5) is 60.5. The monoisotopic (exact) mass is 380 g/mol. The van der Waals surface area contributed by atoms with E-state index in [2.05, 4.69) is 24.9 Å². The van der Waals surface area contributed by atoms with Crippen molar-refractivity contribution in [3.8, 4) is 22.4 Å². The molecule has 3 aromatic heterocycles. The Morgan fingerprint density at radius 2 is 1.46 bits per heavy atom. The molecule has 0 aliphatic heterocycles. The lowest BCUT2D eigenvalue weighted by molar-refractivity contribution is 1.05. The van der Waals surface area contributed by atoms with Crippen LogP contribution in [0.25, 0.3) is 33.4 Å². The minimum Gasteiger partial charge on any atom is -0.384 e. The van der Waals surface area contributed by atoms with Gasteiger partial charge in [0, 0.05) is 11.1 Å². The Morgan fingerprint density at radius 1 is 0.786 bits per heavy atom. The molecule has 0 aliphatic rings. The topological polar surface area (TPSA) is 173 Å². The number of anilines is 1. The van der Waals surface area contributed by atoms with E-state index in [4.69, 9.17) is 5.73 Å². The van der Waals surface area contributed by atoms with Gasteiger partial charge in [-0.05, 0) is 19.4 Å². The smallest absolute Gasteiger partial charge is 0.327 e. The van der Waals surface area contributed by atoms with Gasteiger partial charge < -0.3 is 10.7 Å². The van der Waals surface area contributed by atoms with E-state index in [1.165, 1.54) is 0 Å². The highest BCUT2D eigenvalue weighted by atomic mass is 16.2. The van der Waals surface area contributed by atoms with E-state index in [0.717, 1.165) is 11.1 Å².